The van der Waals surface area contributed by atoms with E-state index in [0.29, 0.717) is 23.5 Å². The van der Waals surface area contributed by atoms with E-state index in [1.807, 2.05) is 13.8 Å². The molecule has 7 N–H and O–H groups in total. The molecule has 0 aromatic carbocycles. The molecule has 12 heteroatoms. The van der Waals surface area contributed by atoms with Crippen molar-refractivity contribution in [3.05, 3.63) is 52.7 Å². The summed E-state index contributed by atoms with van der Waals surface area (Å²) in [6, 6.07) is 0. The lowest BCUT2D eigenvalue weighted by Crippen LogP contribution is -2.14. The highest BCUT2D eigenvalue weighted by atomic mass is 35.5. The van der Waals surface area contributed by atoms with Crippen LogP contribution in [0, 0.1) is 31.1 Å². The number of nitrogens with one attached hydrogen (secondary N) is 2. The highest BCUT2D eigenvalue weighted by Crippen LogP contribution is 2.45. The van der Waals surface area contributed by atoms with Crippen molar-refractivity contribution in [1.82, 2.24) is 9.55 Å². The van der Waals surface area contributed by atoms with Gasteiger partial charge in [-0.1, -0.05) is 30.0 Å². The Morgan fingerprint density at radius 2 is 2.09 bits per heavy atom. The summed E-state index contributed by atoms with van der Waals surface area (Å²) in [6.45, 7) is 7.60. The molecule has 0 aliphatic rings. The van der Waals surface area contributed by atoms with Crippen LogP contribution in [0.1, 0.15) is 34.4 Å². The largest absolute Gasteiger partial charge is 0.567 e. The Morgan fingerprint density at radius 3 is 2.66 bits per heavy atom. The molecule has 0 fully saturated rings. The first kappa shape index (κ1) is 25.6. The van der Waals surface area contributed by atoms with Crippen LogP contribution in [-0.4, -0.2) is 43.1 Å². The van der Waals surface area contributed by atoms with Gasteiger partial charge in [-0.3, -0.25) is 10.4 Å². The van der Waals surface area contributed by atoms with Gasteiger partial charge in [0.05, 0.1) is 36.3 Å². The number of hydrogen-bond donors (Lipinski definition) is 6. The van der Waals surface area contributed by atoms with Crippen molar-refractivity contribution in [3.63, 3.8) is 0 Å². The molecule has 32 heavy (non-hydrogen) atoms. The number of nitrogens with zero attached hydrogens (tertiary/aromatic N) is 2. The molecule has 0 saturated heterocycles. The molecule has 0 unspecified atom stereocenters. The smallest absolute Gasteiger partial charge is 0.496 e. The van der Waals surface area contributed by atoms with Gasteiger partial charge in [0.1, 0.15) is 23.3 Å². The average Bonchev–Trinajstić information content (AvgIpc) is 2.99. The van der Waals surface area contributed by atoms with Gasteiger partial charge in [0.15, 0.2) is 0 Å². The quantitative estimate of drug-likeness (QED) is 0.137. The lowest BCUT2D eigenvalue weighted by Gasteiger charge is -2.15. The van der Waals surface area contributed by atoms with Crippen LogP contribution >= 0.6 is 19.8 Å². The van der Waals surface area contributed by atoms with Gasteiger partial charge in [0.2, 0.25) is 0 Å². The Balaban J connectivity index is 2.46. The first-order valence-electron chi connectivity index (χ1n) is 9.33. The number of halogens is 1. The zero-order valence-corrected chi connectivity index (χ0v) is 19.6. The Hall–Kier alpha value is -2.64. The van der Waals surface area contributed by atoms with Crippen LogP contribution in [0.3, 0.4) is 0 Å². The lowest BCUT2D eigenvalue weighted by molar-refractivity contribution is 0.164. The molecule has 0 spiro atoms. The monoisotopic (exact) mass is 482 g/mol. The molecule has 2 aromatic rings. The third-order valence-electron chi connectivity index (χ3n) is 4.36. The number of aryl methyl sites for hydroxylation is 1. The number of ether oxygens (including phenoxy) is 1. The van der Waals surface area contributed by atoms with E-state index in [0.717, 1.165) is 22.6 Å². The molecular weight excluding hydrogens is 457 g/mol. The molecule has 2 aromatic heterocycles. The molecule has 0 aliphatic carbocycles. The van der Waals surface area contributed by atoms with E-state index in [1.165, 1.54) is 0 Å². The molecule has 0 saturated carbocycles. The Labute approximate surface area is 191 Å². The Kier molecular flexibility index (Phi) is 8.64. The summed E-state index contributed by atoms with van der Waals surface area (Å²) in [5.41, 5.74) is 9.02. The molecule has 0 aliphatic heterocycles. The molecule has 172 valence electrons. The van der Waals surface area contributed by atoms with E-state index in [4.69, 9.17) is 42.2 Å². The summed E-state index contributed by atoms with van der Waals surface area (Å²) in [6.07, 6.45) is 3.52. The summed E-state index contributed by atoms with van der Waals surface area (Å²) in [5.74, 6) is 6.98. The number of nitrogens with two attached hydrogens (primary N) is 1. The van der Waals surface area contributed by atoms with E-state index in [2.05, 4.69) is 33.2 Å². The second-order valence-corrected chi connectivity index (χ2v) is 8.47. The maximum Gasteiger partial charge on any atom is 0.567 e. The predicted octanol–water partition coefficient (Wildman–Crippen LogP) is 2.38. The van der Waals surface area contributed by atoms with E-state index < -0.39 is 8.17 Å². The second-order valence-electron chi connectivity index (χ2n) is 6.80. The molecule has 0 bridgehead atoms. The van der Waals surface area contributed by atoms with E-state index in [1.54, 1.807) is 24.1 Å². The van der Waals surface area contributed by atoms with E-state index in [9.17, 15) is 0 Å². The minimum Gasteiger partial charge on any atom is -0.496 e. The zero-order chi connectivity index (χ0) is 24.1. The fraction of sp³-hybridized carbons (Fsp3) is 0.300. The molecule has 2 heterocycles. The molecular formula is C20H26ClN5O5P+. The molecule has 0 atom stereocenters. The molecule has 10 nitrogen and oxygen atoms in total. The normalized spacial score (nSPS) is 11.0. The number of hydrogen-bond acceptors (Lipinski definition) is 9. The van der Waals surface area contributed by atoms with Crippen molar-refractivity contribution < 1.29 is 23.9 Å². The molecule has 2 rings (SSSR count). The van der Waals surface area contributed by atoms with Crippen molar-refractivity contribution >= 4 is 30.8 Å². The van der Waals surface area contributed by atoms with E-state index >= 15 is 0 Å². The lowest BCUT2D eigenvalue weighted by atomic mass is 10.1. The van der Waals surface area contributed by atoms with Gasteiger partial charge in [0.25, 0.3) is 0 Å². The minimum atomic E-state index is -4.30. The highest BCUT2D eigenvalue weighted by molar-refractivity contribution is 7.53. The van der Waals surface area contributed by atoms with Gasteiger partial charge in [-0.15, -0.1) is 0 Å². The van der Waals surface area contributed by atoms with Crippen LogP contribution < -0.4 is 15.8 Å². The number of anilines is 1. The van der Waals surface area contributed by atoms with Crippen molar-refractivity contribution in [1.29, 1.82) is 5.41 Å². The third kappa shape index (κ3) is 6.68. The number of methoxy groups -OCH3 is 1. The number of pyridine rings is 1. The van der Waals surface area contributed by atoms with Gasteiger partial charge in [-0.2, -0.15) is 19.2 Å². The fourth-order valence-electron chi connectivity index (χ4n) is 3.05. The van der Waals surface area contributed by atoms with Crippen LogP contribution in [0.15, 0.2) is 24.8 Å². The summed E-state index contributed by atoms with van der Waals surface area (Å²) < 4.78 is 11.7. The number of rotatable bonds is 9. The topological polar surface area (TPSA) is 159 Å². The highest BCUT2D eigenvalue weighted by Gasteiger charge is 2.32. The summed E-state index contributed by atoms with van der Waals surface area (Å²) in [4.78, 5) is 31.1. The van der Waals surface area contributed by atoms with Crippen LogP contribution in [0.25, 0.3) is 0 Å². The van der Waals surface area contributed by atoms with Gasteiger partial charge in [0, 0.05) is 29.9 Å². The maximum absolute atomic E-state index is 8.85. The first-order valence-corrected chi connectivity index (χ1v) is 11.3. The summed E-state index contributed by atoms with van der Waals surface area (Å²) in [7, 11) is -2.71. The molecule has 0 radical (unpaired) electrons. The summed E-state index contributed by atoms with van der Waals surface area (Å²) >= 11 is 6.05. The number of aromatic nitrogens is 2. The summed E-state index contributed by atoms with van der Waals surface area (Å²) in [5, 5.41) is 10.7. The minimum absolute atomic E-state index is 0.103. The fourth-order valence-corrected chi connectivity index (χ4v) is 3.58. The van der Waals surface area contributed by atoms with E-state index in [-0.39, 0.29) is 24.0 Å². The van der Waals surface area contributed by atoms with Crippen molar-refractivity contribution in [2.24, 2.45) is 5.73 Å². The van der Waals surface area contributed by atoms with Crippen LogP contribution in [0.2, 0.25) is 0 Å². The van der Waals surface area contributed by atoms with Crippen molar-refractivity contribution in [2.75, 3.05) is 19.0 Å². The third-order valence-corrected chi connectivity index (χ3v) is 5.08. The van der Waals surface area contributed by atoms with Crippen molar-refractivity contribution in [2.45, 2.75) is 26.8 Å². The van der Waals surface area contributed by atoms with Gasteiger partial charge >= 0.3 is 8.17 Å². The first-order chi connectivity index (χ1) is 14.9. The van der Waals surface area contributed by atoms with Gasteiger partial charge in [-0.25, -0.2) is 0 Å². The van der Waals surface area contributed by atoms with Crippen molar-refractivity contribution in [3.8, 4) is 17.6 Å². The van der Waals surface area contributed by atoms with Gasteiger partial charge in [-0.05, 0) is 13.8 Å². The SMILES string of the molecule is C=C(N)Nc1c(C(=N)Cl)c(C#CCCO[P+](O)(O)O)cn1Cc1ncc(C)c(OC)c1C. The van der Waals surface area contributed by atoms with Gasteiger partial charge < -0.3 is 20.4 Å². The van der Waals surface area contributed by atoms with Crippen LogP contribution in [0.4, 0.5) is 5.82 Å². The van der Waals surface area contributed by atoms with Crippen LogP contribution in [-0.2, 0) is 11.1 Å². The Morgan fingerprint density at radius 1 is 1.41 bits per heavy atom. The molecule has 0 amide bonds. The zero-order valence-electron chi connectivity index (χ0n) is 17.9. The maximum atomic E-state index is 8.85. The second kappa shape index (κ2) is 10.8. The predicted molar refractivity (Wildman–Crippen MR) is 124 cm³/mol. The Bertz CT molecular complexity index is 1080. The average molecular weight is 483 g/mol. The standard InChI is InChI=1S/C20H26ClN5O5P/c1-12-9-24-16(13(2)18(12)30-4)11-26-10-15(7-5-6-8-31-32(27,28)29)17(19(21)23)20(26)25-14(3)22/h9-10,23,25,27-29H,3,6,8,11,22H2,1-2,4H3/q+1. The van der Waals surface area contributed by atoms with Crippen LogP contribution in [0.5, 0.6) is 5.75 Å².